The van der Waals surface area contributed by atoms with Crippen LogP contribution in [-0.4, -0.2) is 47.1 Å². The highest BCUT2D eigenvalue weighted by Crippen LogP contribution is 2.36. The Morgan fingerprint density at radius 1 is 1.00 bits per heavy atom. The van der Waals surface area contributed by atoms with Gasteiger partial charge < -0.3 is 20.5 Å². The summed E-state index contributed by atoms with van der Waals surface area (Å²) in [7, 11) is 3.28. The predicted octanol–water partition coefficient (Wildman–Crippen LogP) is 3.13. The molecule has 0 saturated heterocycles. The third-order valence-electron chi connectivity index (χ3n) is 4.52. The Balaban J connectivity index is 1.94. The van der Waals surface area contributed by atoms with Crippen LogP contribution in [0.2, 0.25) is 0 Å². The van der Waals surface area contributed by atoms with E-state index in [1.807, 2.05) is 54.6 Å². The number of nitrogen functional groups attached to an aromatic ring is 1. The van der Waals surface area contributed by atoms with Crippen LogP contribution < -0.4 is 15.8 Å². The summed E-state index contributed by atoms with van der Waals surface area (Å²) in [4.78, 5) is 9.29. The summed E-state index contributed by atoms with van der Waals surface area (Å²) in [6.45, 7) is 1.11. The minimum Gasteiger partial charge on any atom is -0.496 e. The number of benzene rings is 2. The van der Waals surface area contributed by atoms with Gasteiger partial charge in [-0.15, -0.1) is 5.10 Å². The van der Waals surface area contributed by atoms with E-state index >= 15 is 0 Å². The molecule has 2 aromatic heterocycles. The topological polar surface area (TPSA) is 100 Å². The molecule has 2 heterocycles. The van der Waals surface area contributed by atoms with Crippen LogP contribution in [0.25, 0.3) is 28.0 Å². The third-order valence-corrected chi connectivity index (χ3v) is 4.52. The standard InChI is InChI=1S/C21H22N6O2/c1-28-13-12-23-21-24-18(15-10-6-7-11-16(15)29-2)17-19(22)27(26-20(17)25-21)14-8-4-3-5-9-14/h3-11H,12-13,22H2,1-2H3,(H,23,25,26). The number of aromatic nitrogens is 4. The molecular formula is C21H22N6O2. The Kier molecular flexibility index (Phi) is 5.26. The lowest BCUT2D eigenvalue weighted by Gasteiger charge is -2.11. The van der Waals surface area contributed by atoms with Crippen LogP contribution in [0.5, 0.6) is 5.75 Å². The number of anilines is 2. The van der Waals surface area contributed by atoms with Crippen molar-refractivity contribution in [3.8, 4) is 22.7 Å². The van der Waals surface area contributed by atoms with Crippen molar-refractivity contribution >= 4 is 22.8 Å². The van der Waals surface area contributed by atoms with Crippen molar-refractivity contribution < 1.29 is 9.47 Å². The molecule has 0 atom stereocenters. The first-order valence-corrected chi connectivity index (χ1v) is 9.20. The maximum absolute atomic E-state index is 6.51. The van der Waals surface area contributed by atoms with Crippen molar-refractivity contribution in [3.05, 3.63) is 54.6 Å². The summed E-state index contributed by atoms with van der Waals surface area (Å²) in [5.41, 5.74) is 9.34. The molecule has 0 amide bonds. The zero-order chi connectivity index (χ0) is 20.2. The van der Waals surface area contributed by atoms with Crippen molar-refractivity contribution in [1.29, 1.82) is 0 Å². The van der Waals surface area contributed by atoms with E-state index < -0.39 is 0 Å². The number of hydrogen-bond acceptors (Lipinski definition) is 7. The molecule has 4 aromatic rings. The maximum atomic E-state index is 6.51. The highest BCUT2D eigenvalue weighted by molar-refractivity contribution is 6.00. The molecule has 0 unspecified atom stereocenters. The van der Waals surface area contributed by atoms with Crippen LogP contribution in [0.4, 0.5) is 11.8 Å². The van der Waals surface area contributed by atoms with Gasteiger partial charge in [0.15, 0.2) is 5.65 Å². The number of nitrogens with one attached hydrogen (secondary N) is 1. The Morgan fingerprint density at radius 2 is 1.76 bits per heavy atom. The fourth-order valence-corrected chi connectivity index (χ4v) is 3.16. The average Bonchev–Trinajstić information content (AvgIpc) is 3.10. The van der Waals surface area contributed by atoms with Crippen LogP contribution in [0.15, 0.2) is 54.6 Å². The monoisotopic (exact) mass is 390 g/mol. The number of methoxy groups -OCH3 is 2. The maximum Gasteiger partial charge on any atom is 0.225 e. The van der Waals surface area contributed by atoms with Crippen molar-refractivity contribution in [2.45, 2.75) is 0 Å². The van der Waals surface area contributed by atoms with Crippen LogP contribution in [-0.2, 0) is 4.74 Å². The van der Waals surface area contributed by atoms with E-state index in [-0.39, 0.29) is 0 Å². The summed E-state index contributed by atoms with van der Waals surface area (Å²) in [6, 6.07) is 17.4. The second-order valence-corrected chi connectivity index (χ2v) is 6.35. The summed E-state index contributed by atoms with van der Waals surface area (Å²) in [5.74, 6) is 1.62. The van der Waals surface area contributed by atoms with Crippen molar-refractivity contribution in [1.82, 2.24) is 19.7 Å². The summed E-state index contributed by atoms with van der Waals surface area (Å²) in [6.07, 6.45) is 0. The zero-order valence-electron chi connectivity index (χ0n) is 16.3. The molecule has 2 aromatic carbocycles. The van der Waals surface area contributed by atoms with Crippen LogP contribution in [0.3, 0.4) is 0 Å². The molecule has 0 radical (unpaired) electrons. The van der Waals surface area contributed by atoms with Gasteiger partial charge in [0.05, 0.1) is 30.5 Å². The Morgan fingerprint density at radius 3 is 2.52 bits per heavy atom. The lowest BCUT2D eigenvalue weighted by Crippen LogP contribution is -2.11. The number of hydrogen-bond donors (Lipinski definition) is 2. The quantitative estimate of drug-likeness (QED) is 0.468. The minimum absolute atomic E-state index is 0.452. The highest BCUT2D eigenvalue weighted by atomic mass is 16.5. The fourth-order valence-electron chi connectivity index (χ4n) is 3.16. The second-order valence-electron chi connectivity index (χ2n) is 6.35. The van der Waals surface area contributed by atoms with E-state index in [4.69, 9.17) is 20.2 Å². The van der Waals surface area contributed by atoms with Crippen LogP contribution in [0.1, 0.15) is 0 Å². The van der Waals surface area contributed by atoms with Gasteiger partial charge in [0.2, 0.25) is 5.95 Å². The molecule has 0 aliphatic rings. The van der Waals surface area contributed by atoms with Crippen molar-refractivity contribution in [3.63, 3.8) is 0 Å². The van der Waals surface area contributed by atoms with E-state index in [1.165, 1.54) is 0 Å². The number of nitrogens with two attached hydrogens (primary N) is 1. The molecule has 8 nitrogen and oxygen atoms in total. The molecule has 0 bridgehead atoms. The largest absolute Gasteiger partial charge is 0.496 e. The first kappa shape index (κ1) is 18.7. The van der Waals surface area contributed by atoms with Gasteiger partial charge in [-0.2, -0.15) is 4.98 Å². The molecule has 0 aliphatic carbocycles. The molecule has 0 spiro atoms. The van der Waals surface area contributed by atoms with Crippen molar-refractivity contribution in [2.75, 3.05) is 38.4 Å². The molecular weight excluding hydrogens is 368 g/mol. The van der Waals surface area contributed by atoms with E-state index in [1.54, 1.807) is 18.9 Å². The number of para-hydroxylation sites is 2. The molecule has 3 N–H and O–H groups in total. The zero-order valence-corrected chi connectivity index (χ0v) is 16.3. The van der Waals surface area contributed by atoms with Gasteiger partial charge in [0.1, 0.15) is 11.6 Å². The smallest absolute Gasteiger partial charge is 0.225 e. The van der Waals surface area contributed by atoms with Gasteiger partial charge in [0.25, 0.3) is 0 Å². The normalized spacial score (nSPS) is 11.0. The van der Waals surface area contributed by atoms with Gasteiger partial charge in [-0.1, -0.05) is 30.3 Å². The molecule has 8 heteroatoms. The molecule has 0 aliphatic heterocycles. The number of rotatable bonds is 7. The summed E-state index contributed by atoms with van der Waals surface area (Å²) < 4.78 is 12.3. The summed E-state index contributed by atoms with van der Waals surface area (Å²) >= 11 is 0. The van der Waals surface area contributed by atoms with E-state index in [0.717, 1.165) is 11.3 Å². The number of fused-ring (bicyclic) bond motifs is 1. The number of nitrogens with zero attached hydrogens (tertiary/aromatic N) is 4. The van der Waals surface area contributed by atoms with Crippen LogP contribution in [0, 0.1) is 0 Å². The van der Waals surface area contributed by atoms with E-state index in [9.17, 15) is 0 Å². The molecule has 0 saturated carbocycles. The van der Waals surface area contributed by atoms with E-state index in [2.05, 4.69) is 15.4 Å². The van der Waals surface area contributed by atoms with Gasteiger partial charge in [-0.05, 0) is 24.3 Å². The predicted molar refractivity (Wildman–Crippen MR) is 113 cm³/mol. The molecule has 148 valence electrons. The van der Waals surface area contributed by atoms with Crippen LogP contribution >= 0.6 is 0 Å². The first-order valence-electron chi connectivity index (χ1n) is 9.20. The molecule has 29 heavy (non-hydrogen) atoms. The third kappa shape index (κ3) is 3.57. The Labute approximate surface area is 168 Å². The summed E-state index contributed by atoms with van der Waals surface area (Å²) in [5, 5.41) is 8.49. The SMILES string of the molecule is COCCNc1nc(-c2ccccc2OC)c2c(N)n(-c3ccccc3)nc2n1. The van der Waals surface area contributed by atoms with Gasteiger partial charge >= 0.3 is 0 Å². The molecule has 0 fully saturated rings. The molecule has 4 rings (SSSR count). The Bertz CT molecular complexity index is 1130. The fraction of sp³-hybridized carbons (Fsp3) is 0.190. The first-order chi connectivity index (χ1) is 14.2. The second kappa shape index (κ2) is 8.15. The van der Waals surface area contributed by atoms with E-state index in [0.29, 0.717) is 47.4 Å². The average molecular weight is 390 g/mol. The number of ether oxygens (including phenoxy) is 2. The van der Waals surface area contributed by atoms with Crippen molar-refractivity contribution in [2.24, 2.45) is 0 Å². The van der Waals surface area contributed by atoms with Gasteiger partial charge in [-0.3, -0.25) is 0 Å². The lowest BCUT2D eigenvalue weighted by molar-refractivity contribution is 0.210. The highest BCUT2D eigenvalue weighted by Gasteiger charge is 2.21. The van der Waals surface area contributed by atoms with Gasteiger partial charge in [0, 0.05) is 19.2 Å². The lowest BCUT2D eigenvalue weighted by atomic mass is 10.1. The van der Waals surface area contributed by atoms with Gasteiger partial charge in [-0.25, -0.2) is 9.67 Å². The Hall–Kier alpha value is -3.65. The minimum atomic E-state index is 0.452.